The fourth-order valence-electron chi connectivity index (χ4n) is 3.53. The van der Waals surface area contributed by atoms with Gasteiger partial charge in [0, 0.05) is 9.50 Å². The summed E-state index contributed by atoms with van der Waals surface area (Å²) in [6.45, 7) is 9.03. The van der Waals surface area contributed by atoms with Crippen molar-refractivity contribution in [1.29, 1.82) is 0 Å². The molecule has 2 heteroatoms. The molecule has 0 heterocycles. The van der Waals surface area contributed by atoms with Gasteiger partial charge in [-0.1, -0.05) is 71.7 Å². The fraction of sp³-hybridized carbons (Fsp3) is 0.250. The molecule has 0 nitrogen and oxygen atoms in total. The van der Waals surface area contributed by atoms with Crippen molar-refractivity contribution >= 4 is 27.5 Å². The van der Waals surface area contributed by atoms with Crippen LogP contribution in [0.15, 0.2) is 59.1 Å². The van der Waals surface area contributed by atoms with Gasteiger partial charge in [0.05, 0.1) is 0 Å². The van der Waals surface area contributed by atoms with Crippen LogP contribution in [0, 0.1) is 19.8 Å². The van der Waals surface area contributed by atoms with E-state index in [1.54, 1.807) is 0 Å². The summed E-state index contributed by atoms with van der Waals surface area (Å²) in [5.74, 6) is 0.601. The van der Waals surface area contributed by atoms with Gasteiger partial charge in [0.25, 0.3) is 0 Å². The van der Waals surface area contributed by atoms with Crippen LogP contribution in [0.5, 0.6) is 0 Å². The zero-order chi connectivity index (χ0) is 18.8. The van der Waals surface area contributed by atoms with E-state index < -0.39 is 0 Å². The van der Waals surface area contributed by atoms with Crippen LogP contribution in [-0.2, 0) is 6.42 Å². The van der Waals surface area contributed by atoms with Gasteiger partial charge in [-0.25, -0.2) is 0 Å². The molecule has 0 aliphatic rings. The van der Waals surface area contributed by atoms with Gasteiger partial charge in [-0.05, 0) is 89.4 Å². The second kappa shape index (κ2) is 7.98. The maximum absolute atomic E-state index is 6.08. The van der Waals surface area contributed by atoms with Crippen LogP contribution in [0.25, 0.3) is 22.3 Å². The zero-order valence-corrected chi connectivity index (χ0v) is 18.1. The number of halogens is 2. The summed E-state index contributed by atoms with van der Waals surface area (Å²) >= 11 is 9.63. The third-order valence-corrected chi connectivity index (χ3v) is 5.68. The summed E-state index contributed by atoms with van der Waals surface area (Å²) in [6, 6.07) is 19.2. The van der Waals surface area contributed by atoms with E-state index in [9.17, 15) is 0 Å². The van der Waals surface area contributed by atoms with Crippen LogP contribution >= 0.6 is 27.5 Å². The van der Waals surface area contributed by atoms with E-state index in [1.165, 1.54) is 38.9 Å². The first kappa shape index (κ1) is 19.2. The molecule has 0 atom stereocenters. The predicted octanol–water partition coefficient (Wildman–Crippen LogP) is 8.25. The number of hydrogen-bond acceptors (Lipinski definition) is 0. The zero-order valence-electron chi connectivity index (χ0n) is 15.7. The van der Waals surface area contributed by atoms with Crippen molar-refractivity contribution in [3.63, 3.8) is 0 Å². The summed E-state index contributed by atoms with van der Waals surface area (Å²) in [5.41, 5.74) is 9.29. The third-order valence-electron chi connectivity index (χ3n) is 4.90. The maximum Gasteiger partial charge on any atom is 0.0406 e. The Morgan fingerprint density at radius 2 is 1.42 bits per heavy atom. The summed E-state index contributed by atoms with van der Waals surface area (Å²) < 4.78 is 1.11. The maximum atomic E-state index is 6.08. The average Bonchev–Trinajstić information content (AvgIpc) is 2.60. The van der Waals surface area contributed by atoms with Crippen molar-refractivity contribution in [3.05, 3.63) is 80.8 Å². The van der Waals surface area contributed by atoms with Gasteiger partial charge >= 0.3 is 0 Å². The molecule has 3 aromatic carbocycles. The van der Waals surface area contributed by atoms with E-state index in [4.69, 9.17) is 11.6 Å². The van der Waals surface area contributed by atoms with E-state index >= 15 is 0 Å². The summed E-state index contributed by atoms with van der Waals surface area (Å²) in [4.78, 5) is 0. The Morgan fingerprint density at radius 1 is 0.846 bits per heavy atom. The van der Waals surface area contributed by atoms with E-state index in [2.05, 4.69) is 86.1 Å². The van der Waals surface area contributed by atoms with Gasteiger partial charge in [-0.2, -0.15) is 0 Å². The molecule has 3 aromatic rings. The van der Waals surface area contributed by atoms with Crippen LogP contribution < -0.4 is 0 Å². The quantitative estimate of drug-likeness (QED) is 0.393. The predicted molar refractivity (Wildman–Crippen MR) is 118 cm³/mol. The van der Waals surface area contributed by atoms with Crippen molar-refractivity contribution in [2.24, 2.45) is 5.92 Å². The van der Waals surface area contributed by atoms with E-state index in [0.717, 1.165) is 15.9 Å². The number of benzene rings is 3. The first-order chi connectivity index (χ1) is 12.4. The molecule has 0 radical (unpaired) electrons. The minimum atomic E-state index is 0.601. The molecule has 0 amide bonds. The van der Waals surface area contributed by atoms with Gasteiger partial charge in [0.1, 0.15) is 0 Å². The Balaban J connectivity index is 2.23. The van der Waals surface area contributed by atoms with E-state index in [0.29, 0.717) is 5.92 Å². The van der Waals surface area contributed by atoms with Gasteiger partial charge in [0.15, 0.2) is 0 Å². The standard InChI is InChI=1S/C24H24BrCl/c1-15(2)13-20-14-23(18-7-11-22(26)12-8-18)16(3)17(4)24(20)19-5-9-21(25)10-6-19/h5-12,14-15H,13H2,1-4H3. The molecule has 26 heavy (non-hydrogen) atoms. The molecule has 0 unspecified atom stereocenters. The number of rotatable bonds is 4. The van der Waals surface area contributed by atoms with Gasteiger partial charge in [-0.15, -0.1) is 0 Å². The van der Waals surface area contributed by atoms with Crippen molar-refractivity contribution in [2.75, 3.05) is 0 Å². The Morgan fingerprint density at radius 3 is 2.00 bits per heavy atom. The first-order valence-electron chi connectivity index (χ1n) is 9.01. The van der Waals surface area contributed by atoms with Crippen LogP contribution in [0.1, 0.15) is 30.5 Å². The lowest BCUT2D eigenvalue weighted by molar-refractivity contribution is 0.648. The normalized spacial score (nSPS) is 11.2. The highest BCUT2D eigenvalue weighted by molar-refractivity contribution is 9.10. The third kappa shape index (κ3) is 4.05. The highest BCUT2D eigenvalue weighted by Gasteiger charge is 2.16. The Kier molecular flexibility index (Phi) is 5.89. The minimum Gasteiger partial charge on any atom is -0.0843 e. The molecular formula is C24H24BrCl. The smallest absolute Gasteiger partial charge is 0.0406 e. The van der Waals surface area contributed by atoms with Crippen LogP contribution in [0.4, 0.5) is 0 Å². The molecule has 0 saturated carbocycles. The van der Waals surface area contributed by atoms with Crippen LogP contribution in [0.2, 0.25) is 5.02 Å². The molecule has 0 saturated heterocycles. The molecule has 3 rings (SSSR count). The highest BCUT2D eigenvalue weighted by Crippen LogP contribution is 2.37. The Hall–Kier alpha value is -1.57. The van der Waals surface area contributed by atoms with Gasteiger partial charge < -0.3 is 0 Å². The van der Waals surface area contributed by atoms with E-state index in [-0.39, 0.29) is 0 Å². The molecule has 0 aliphatic carbocycles. The number of hydrogen-bond donors (Lipinski definition) is 0. The van der Waals surface area contributed by atoms with Gasteiger partial charge in [0.2, 0.25) is 0 Å². The molecule has 0 aliphatic heterocycles. The van der Waals surface area contributed by atoms with Gasteiger partial charge in [-0.3, -0.25) is 0 Å². The summed E-state index contributed by atoms with van der Waals surface area (Å²) in [5, 5.41) is 0.775. The lowest BCUT2D eigenvalue weighted by Gasteiger charge is -2.21. The molecule has 0 aromatic heterocycles. The second-order valence-corrected chi connectivity index (χ2v) is 8.67. The van der Waals surface area contributed by atoms with Crippen molar-refractivity contribution in [3.8, 4) is 22.3 Å². The molecular weight excluding hydrogens is 404 g/mol. The largest absolute Gasteiger partial charge is 0.0843 e. The van der Waals surface area contributed by atoms with Crippen molar-refractivity contribution in [1.82, 2.24) is 0 Å². The lowest BCUT2D eigenvalue weighted by atomic mass is 9.84. The van der Waals surface area contributed by atoms with Crippen LogP contribution in [0.3, 0.4) is 0 Å². The lowest BCUT2D eigenvalue weighted by Crippen LogP contribution is -2.02. The highest BCUT2D eigenvalue weighted by atomic mass is 79.9. The summed E-state index contributed by atoms with van der Waals surface area (Å²) in [6.07, 6.45) is 1.06. The Bertz CT molecular complexity index is 906. The molecule has 0 fully saturated rings. The molecule has 0 N–H and O–H groups in total. The van der Waals surface area contributed by atoms with E-state index in [1.807, 2.05) is 12.1 Å². The Labute approximate surface area is 170 Å². The topological polar surface area (TPSA) is 0 Å². The molecule has 134 valence electrons. The first-order valence-corrected chi connectivity index (χ1v) is 10.2. The fourth-order valence-corrected chi connectivity index (χ4v) is 3.92. The average molecular weight is 428 g/mol. The minimum absolute atomic E-state index is 0.601. The van der Waals surface area contributed by atoms with Crippen molar-refractivity contribution < 1.29 is 0 Å². The summed E-state index contributed by atoms with van der Waals surface area (Å²) in [7, 11) is 0. The van der Waals surface area contributed by atoms with Crippen molar-refractivity contribution in [2.45, 2.75) is 34.1 Å². The molecule has 0 bridgehead atoms. The van der Waals surface area contributed by atoms with Crippen LogP contribution in [-0.4, -0.2) is 0 Å². The monoisotopic (exact) mass is 426 g/mol. The molecule has 0 spiro atoms. The second-order valence-electron chi connectivity index (χ2n) is 7.32. The SMILES string of the molecule is Cc1c(-c2ccc(Cl)cc2)cc(CC(C)C)c(-c2ccc(Br)cc2)c1C.